The minimum atomic E-state index is -0.118. The van der Waals surface area contributed by atoms with Crippen LogP contribution in [-0.2, 0) is 0 Å². The predicted octanol–water partition coefficient (Wildman–Crippen LogP) is 5.97. The third-order valence-electron chi connectivity index (χ3n) is 5.80. The van der Waals surface area contributed by atoms with Gasteiger partial charge in [0.05, 0.1) is 11.1 Å². The molecular formula is C23H27ClN2O2S. The Morgan fingerprint density at radius 3 is 2.72 bits per heavy atom. The number of amides is 1. The van der Waals surface area contributed by atoms with E-state index in [0.29, 0.717) is 16.4 Å². The summed E-state index contributed by atoms with van der Waals surface area (Å²) in [7, 11) is 0. The molecule has 0 radical (unpaired) electrons. The number of likely N-dealkylation sites (tertiary alicyclic amines) is 1. The number of nitrogens with one attached hydrogen (secondary N) is 1. The summed E-state index contributed by atoms with van der Waals surface area (Å²) in [6, 6.07) is 10.1. The molecule has 154 valence electrons. The summed E-state index contributed by atoms with van der Waals surface area (Å²) in [5, 5.41) is 4.60. The van der Waals surface area contributed by atoms with Gasteiger partial charge in [0.1, 0.15) is 16.4 Å². The highest BCUT2D eigenvalue weighted by Crippen LogP contribution is 2.36. The summed E-state index contributed by atoms with van der Waals surface area (Å²) in [5.41, 5.74) is 1.16. The fourth-order valence-electron chi connectivity index (χ4n) is 3.97. The number of furan rings is 1. The molecule has 1 aliphatic heterocycles. The maximum Gasteiger partial charge on any atom is 0.263 e. The third kappa shape index (κ3) is 4.37. The molecule has 1 N–H and O–H groups in total. The molecule has 4 nitrogen and oxygen atoms in total. The Bertz CT molecular complexity index is 1020. The lowest BCUT2D eigenvalue weighted by Gasteiger charge is -2.35. The first-order chi connectivity index (χ1) is 13.9. The van der Waals surface area contributed by atoms with Crippen LogP contribution in [0.3, 0.4) is 0 Å². The van der Waals surface area contributed by atoms with Gasteiger partial charge in [-0.15, -0.1) is 11.3 Å². The van der Waals surface area contributed by atoms with Crippen molar-refractivity contribution in [1.29, 1.82) is 0 Å². The van der Waals surface area contributed by atoms with Crippen LogP contribution in [0.2, 0.25) is 5.02 Å². The first kappa shape index (κ1) is 20.5. The van der Waals surface area contributed by atoms with Crippen LogP contribution in [0.1, 0.15) is 52.6 Å². The van der Waals surface area contributed by atoms with Gasteiger partial charge in [-0.1, -0.05) is 30.7 Å². The minimum absolute atomic E-state index is 0.0375. The number of rotatable bonds is 5. The van der Waals surface area contributed by atoms with E-state index in [9.17, 15) is 4.79 Å². The maximum atomic E-state index is 13.0. The SMILES string of the molecule is Cc1ccc2c(Cl)c(C(=O)NC[C@H](c3ccc(C)o3)N3CCC(C)CC3)sc2c1. The Kier molecular flexibility index (Phi) is 6.00. The fourth-order valence-corrected chi connectivity index (χ4v) is 5.50. The number of carbonyl (C=O) groups excluding carboxylic acids is 1. The van der Waals surface area contributed by atoms with Crippen LogP contribution in [0, 0.1) is 19.8 Å². The van der Waals surface area contributed by atoms with Gasteiger partial charge in [0.25, 0.3) is 5.91 Å². The van der Waals surface area contributed by atoms with E-state index in [1.54, 1.807) is 0 Å². The van der Waals surface area contributed by atoms with Crippen LogP contribution in [-0.4, -0.2) is 30.4 Å². The first-order valence-corrected chi connectivity index (χ1v) is 11.4. The molecule has 1 aliphatic rings. The molecule has 0 bridgehead atoms. The van der Waals surface area contributed by atoms with Crippen molar-refractivity contribution in [3.63, 3.8) is 0 Å². The van der Waals surface area contributed by atoms with Crippen LogP contribution in [0.5, 0.6) is 0 Å². The molecule has 3 aromatic rings. The molecule has 0 unspecified atom stereocenters. The number of thiophene rings is 1. The average molecular weight is 431 g/mol. The molecule has 0 aliphatic carbocycles. The normalized spacial score (nSPS) is 17.0. The number of hydrogen-bond donors (Lipinski definition) is 1. The molecule has 1 atom stereocenters. The predicted molar refractivity (Wildman–Crippen MR) is 120 cm³/mol. The molecule has 29 heavy (non-hydrogen) atoms. The second-order valence-electron chi connectivity index (χ2n) is 8.14. The second kappa shape index (κ2) is 8.50. The van der Waals surface area contributed by atoms with Gasteiger partial charge in [0, 0.05) is 16.6 Å². The van der Waals surface area contributed by atoms with E-state index in [4.69, 9.17) is 16.0 Å². The van der Waals surface area contributed by atoms with Crippen LogP contribution in [0.25, 0.3) is 10.1 Å². The molecule has 2 aromatic heterocycles. The monoisotopic (exact) mass is 430 g/mol. The van der Waals surface area contributed by atoms with Crippen molar-refractivity contribution >= 4 is 38.9 Å². The van der Waals surface area contributed by atoms with Crippen molar-refractivity contribution in [2.75, 3.05) is 19.6 Å². The van der Waals surface area contributed by atoms with Crippen LogP contribution in [0.15, 0.2) is 34.7 Å². The average Bonchev–Trinajstić information content (AvgIpc) is 3.26. The topological polar surface area (TPSA) is 45.5 Å². The zero-order valence-electron chi connectivity index (χ0n) is 17.1. The van der Waals surface area contributed by atoms with E-state index in [1.165, 1.54) is 24.2 Å². The smallest absolute Gasteiger partial charge is 0.263 e. The molecule has 6 heteroatoms. The van der Waals surface area contributed by atoms with Gasteiger partial charge in [-0.3, -0.25) is 9.69 Å². The highest BCUT2D eigenvalue weighted by Gasteiger charge is 2.28. The van der Waals surface area contributed by atoms with Crippen molar-refractivity contribution in [2.24, 2.45) is 5.92 Å². The van der Waals surface area contributed by atoms with Crippen LogP contribution < -0.4 is 5.32 Å². The quantitative estimate of drug-likeness (QED) is 0.542. The van der Waals surface area contributed by atoms with Crippen LogP contribution >= 0.6 is 22.9 Å². The Balaban J connectivity index is 1.52. The number of halogens is 1. The summed E-state index contributed by atoms with van der Waals surface area (Å²) in [6.45, 7) is 8.84. The number of piperidine rings is 1. The van der Waals surface area contributed by atoms with Crippen molar-refractivity contribution in [2.45, 2.75) is 39.7 Å². The van der Waals surface area contributed by atoms with E-state index in [2.05, 4.69) is 23.2 Å². The Labute approximate surface area is 180 Å². The highest BCUT2D eigenvalue weighted by molar-refractivity contribution is 7.21. The van der Waals surface area contributed by atoms with Gasteiger partial charge in [-0.05, 0) is 69.5 Å². The maximum absolute atomic E-state index is 13.0. The number of benzene rings is 1. The summed E-state index contributed by atoms with van der Waals surface area (Å²) in [6.07, 6.45) is 2.34. The van der Waals surface area contributed by atoms with Gasteiger partial charge >= 0.3 is 0 Å². The minimum Gasteiger partial charge on any atom is -0.465 e. The molecule has 3 heterocycles. The van der Waals surface area contributed by atoms with Gasteiger partial charge in [-0.2, -0.15) is 0 Å². The molecule has 0 saturated carbocycles. The summed E-state index contributed by atoms with van der Waals surface area (Å²) in [5.74, 6) is 2.44. The van der Waals surface area contributed by atoms with E-state index < -0.39 is 0 Å². The van der Waals surface area contributed by atoms with E-state index in [0.717, 1.165) is 46.2 Å². The fraction of sp³-hybridized carbons (Fsp3) is 0.435. The summed E-state index contributed by atoms with van der Waals surface area (Å²) < 4.78 is 6.98. The van der Waals surface area contributed by atoms with Crippen molar-refractivity contribution < 1.29 is 9.21 Å². The second-order valence-corrected chi connectivity index (χ2v) is 9.57. The Morgan fingerprint density at radius 1 is 1.28 bits per heavy atom. The lowest BCUT2D eigenvalue weighted by molar-refractivity contribution is 0.0898. The van der Waals surface area contributed by atoms with Gasteiger partial charge < -0.3 is 9.73 Å². The molecule has 1 fully saturated rings. The number of aryl methyl sites for hydroxylation is 2. The lowest BCUT2D eigenvalue weighted by atomic mass is 9.97. The third-order valence-corrected chi connectivity index (χ3v) is 7.45. The Morgan fingerprint density at radius 2 is 2.03 bits per heavy atom. The molecule has 1 aromatic carbocycles. The number of nitrogens with zero attached hydrogens (tertiary/aromatic N) is 1. The Hall–Kier alpha value is -1.82. The van der Waals surface area contributed by atoms with Crippen molar-refractivity contribution in [1.82, 2.24) is 10.2 Å². The highest BCUT2D eigenvalue weighted by atomic mass is 35.5. The van der Waals surface area contributed by atoms with Gasteiger partial charge in [0.2, 0.25) is 0 Å². The van der Waals surface area contributed by atoms with Gasteiger partial charge in [0.15, 0.2) is 0 Å². The first-order valence-electron chi connectivity index (χ1n) is 10.2. The molecule has 1 saturated heterocycles. The van der Waals surface area contributed by atoms with Crippen LogP contribution in [0.4, 0.5) is 0 Å². The molecular weight excluding hydrogens is 404 g/mol. The standard InChI is InChI=1S/C23H27ClN2O2S/c1-14-8-10-26(11-9-14)18(19-7-5-16(3)28-19)13-25-23(27)22-21(24)17-6-4-15(2)12-20(17)29-22/h4-7,12,14,18H,8-11,13H2,1-3H3,(H,25,27)/t18-/m1/s1. The van der Waals surface area contributed by atoms with E-state index in [-0.39, 0.29) is 11.9 Å². The molecule has 0 spiro atoms. The largest absolute Gasteiger partial charge is 0.465 e. The van der Waals surface area contributed by atoms with E-state index in [1.807, 2.05) is 38.1 Å². The number of fused-ring (bicyclic) bond motifs is 1. The molecule has 4 rings (SSSR count). The molecule has 1 amide bonds. The lowest BCUT2D eigenvalue weighted by Crippen LogP contribution is -2.41. The summed E-state index contributed by atoms with van der Waals surface area (Å²) >= 11 is 7.98. The summed E-state index contributed by atoms with van der Waals surface area (Å²) in [4.78, 5) is 16.0. The van der Waals surface area contributed by atoms with Gasteiger partial charge in [-0.25, -0.2) is 0 Å². The number of carbonyl (C=O) groups is 1. The zero-order chi connectivity index (χ0) is 20.5. The van der Waals surface area contributed by atoms with Crippen molar-refractivity contribution in [3.05, 3.63) is 57.3 Å². The zero-order valence-corrected chi connectivity index (χ0v) is 18.7. The van der Waals surface area contributed by atoms with Crippen molar-refractivity contribution in [3.8, 4) is 0 Å². The number of hydrogen-bond acceptors (Lipinski definition) is 4. The van der Waals surface area contributed by atoms with E-state index >= 15 is 0 Å².